The van der Waals surface area contributed by atoms with Gasteiger partial charge in [0.05, 0.1) is 23.3 Å². The van der Waals surface area contributed by atoms with Crippen molar-refractivity contribution < 1.29 is 17.6 Å². The highest BCUT2D eigenvalue weighted by atomic mass is 79.9. The van der Waals surface area contributed by atoms with E-state index in [1.54, 1.807) is 34.8 Å². The lowest BCUT2D eigenvalue weighted by Crippen LogP contribution is -2.31. The lowest BCUT2D eigenvalue weighted by atomic mass is 10.1. The molecule has 1 saturated heterocycles. The Kier molecular flexibility index (Phi) is 7.06. The number of carbonyl (C=O) groups is 1. The molecule has 10 heteroatoms. The molecule has 7 nitrogen and oxygen atoms in total. The van der Waals surface area contributed by atoms with Crippen molar-refractivity contribution >= 4 is 59.3 Å². The minimum Gasteiger partial charge on any atom is -0.464 e. The predicted octanol–water partition coefficient (Wildman–Crippen LogP) is 6.06. The molecule has 0 unspecified atom stereocenters. The van der Waals surface area contributed by atoms with Gasteiger partial charge in [-0.3, -0.25) is 4.79 Å². The second-order valence-electron chi connectivity index (χ2n) is 8.51. The average Bonchev–Trinajstić information content (AvgIpc) is 3.36. The van der Waals surface area contributed by atoms with Crippen LogP contribution in [-0.2, 0) is 21.2 Å². The smallest absolute Gasteiger partial charge is 0.243 e. The number of thiazole rings is 1. The first-order chi connectivity index (χ1) is 16.9. The zero-order valence-electron chi connectivity index (χ0n) is 18.9. The molecule has 1 N–H and O–H groups in total. The van der Waals surface area contributed by atoms with Crippen molar-refractivity contribution in [2.24, 2.45) is 0 Å². The Bertz CT molecular complexity index is 1450. The molecule has 1 aliphatic heterocycles. The number of sulfonamides is 1. The van der Waals surface area contributed by atoms with E-state index in [4.69, 9.17) is 4.42 Å². The highest BCUT2D eigenvalue weighted by Crippen LogP contribution is 2.29. The van der Waals surface area contributed by atoms with E-state index in [0.717, 1.165) is 52.3 Å². The van der Waals surface area contributed by atoms with Crippen molar-refractivity contribution in [1.82, 2.24) is 9.29 Å². The van der Waals surface area contributed by atoms with Crippen molar-refractivity contribution in [1.29, 1.82) is 0 Å². The molecular formula is C25H24BrN3O4S2. The van der Waals surface area contributed by atoms with E-state index in [2.05, 4.69) is 26.2 Å². The summed E-state index contributed by atoms with van der Waals surface area (Å²) in [6.45, 7) is 1.15. The minimum absolute atomic E-state index is 0.168. The number of furan rings is 1. The van der Waals surface area contributed by atoms with Crippen molar-refractivity contribution in [3.8, 4) is 11.3 Å². The molecule has 1 fully saturated rings. The first kappa shape index (κ1) is 24.2. The third kappa shape index (κ3) is 5.35. The summed E-state index contributed by atoms with van der Waals surface area (Å²) in [6, 6.07) is 12.5. The molecule has 2 aromatic carbocycles. The Labute approximate surface area is 216 Å². The van der Waals surface area contributed by atoms with E-state index in [0.29, 0.717) is 28.8 Å². The lowest BCUT2D eigenvalue weighted by Gasteiger charge is -2.19. The molecule has 0 aliphatic carbocycles. The molecule has 0 saturated carbocycles. The summed E-state index contributed by atoms with van der Waals surface area (Å²) in [5, 5.41) is 6.07. The summed E-state index contributed by atoms with van der Waals surface area (Å²) in [6.07, 6.45) is 5.72. The van der Waals surface area contributed by atoms with Gasteiger partial charge in [0.25, 0.3) is 0 Å². The number of halogens is 1. The van der Waals surface area contributed by atoms with E-state index in [1.165, 1.54) is 11.3 Å². The summed E-state index contributed by atoms with van der Waals surface area (Å²) in [7, 11) is -3.49. The number of nitrogens with zero attached hydrogens (tertiary/aromatic N) is 2. The number of hydrogen-bond donors (Lipinski definition) is 1. The summed E-state index contributed by atoms with van der Waals surface area (Å²) in [5.41, 5.74) is 3.01. The second-order valence-corrected chi connectivity index (χ2v) is 12.2. The van der Waals surface area contributed by atoms with E-state index < -0.39 is 10.0 Å². The van der Waals surface area contributed by atoms with Gasteiger partial charge in [-0.05, 0) is 43.2 Å². The van der Waals surface area contributed by atoms with Gasteiger partial charge in [0, 0.05) is 39.5 Å². The van der Waals surface area contributed by atoms with Crippen molar-refractivity contribution in [3.63, 3.8) is 0 Å². The molecule has 3 heterocycles. The maximum atomic E-state index is 13.0. The van der Waals surface area contributed by atoms with Crippen LogP contribution in [-0.4, -0.2) is 36.7 Å². The highest BCUT2D eigenvalue weighted by Gasteiger charge is 2.25. The summed E-state index contributed by atoms with van der Waals surface area (Å²) >= 11 is 4.77. The molecule has 35 heavy (non-hydrogen) atoms. The Morgan fingerprint density at radius 1 is 1.09 bits per heavy atom. The molecule has 182 valence electrons. The number of carbonyl (C=O) groups excluding carboxylic acids is 1. The van der Waals surface area contributed by atoms with Crippen LogP contribution in [0.15, 0.2) is 67.9 Å². The number of aromatic nitrogens is 1. The minimum atomic E-state index is -3.49. The fourth-order valence-corrected chi connectivity index (χ4v) is 6.83. The molecule has 0 bridgehead atoms. The van der Waals surface area contributed by atoms with Gasteiger partial charge in [0.2, 0.25) is 15.9 Å². The van der Waals surface area contributed by atoms with Gasteiger partial charge in [-0.1, -0.05) is 40.9 Å². The number of hydrogen-bond acceptors (Lipinski definition) is 6. The molecule has 4 aromatic rings. The van der Waals surface area contributed by atoms with Gasteiger partial charge in [-0.2, -0.15) is 4.31 Å². The number of anilines is 1. The van der Waals surface area contributed by atoms with Gasteiger partial charge in [-0.25, -0.2) is 13.4 Å². The molecule has 1 amide bonds. The van der Waals surface area contributed by atoms with Crippen molar-refractivity contribution in [2.45, 2.75) is 37.0 Å². The Morgan fingerprint density at radius 3 is 2.57 bits per heavy atom. The van der Waals surface area contributed by atoms with Crippen LogP contribution >= 0.6 is 27.3 Å². The predicted molar refractivity (Wildman–Crippen MR) is 141 cm³/mol. The van der Waals surface area contributed by atoms with E-state index in [1.807, 2.05) is 23.6 Å². The zero-order valence-corrected chi connectivity index (χ0v) is 22.1. The largest absolute Gasteiger partial charge is 0.464 e. The Hall–Kier alpha value is -2.53. The Morgan fingerprint density at radius 2 is 1.83 bits per heavy atom. The molecule has 0 atom stereocenters. The van der Waals surface area contributed by atoms with Crippen LogP contribution in [0.4, 0.5) is 5.13 Å². The number of amides is 1. The number of benzene rings is 2. The maximum absolute atomic E-state index is 13.0. The summed E-state index contributed by atoms with van der Waals surface area (Å²) in [4.78, 5) is 17.4. The van der Waals surface area contributed by atoms with Gasteiger partial charge in [0.1, 0.15) is 5.58 Å². The molecule has 0 radical (unpaired) electrons. The van der Waals surface area contributed by atoms with Gasteiger partial charge >= 0.3 is 0 Å². The molecular weight excluding hydrogens is 550 g/mol. The van der Waals surface area contributed by atoms with E-state index >= 15 is 0 Å². The van der Waals surface area contributed by atoms with Crippen LogP contribution in [0.1, 0.15) is 31.2 Å². The second kappa shape index (κ2) is 10.2. The fourth-order valence-electron chi connectivity index (χ4n) is 4.22. The third-order valence-electron chi connectivity index (χ3n) is 6.07. The van der Waals surface area contributed by atoms with Gasteiger partial charge in [0.15, 0.2) is 5.13 Å². The van der Waals surface area contributed by atoms with Crippen LogP contribution in [0.3, 0.4) is 0 Å². The van der Waals surface area contributed by atoms with Gasteiger partial charge < -0.3 is 9.73 Å². The van der Waals surface area contributed by atoms with Gasteiger partial charge in [-0.15, -0.1) is 11.3 Å². The monoisotopic (exact) mass is 573 g/mol. The molecule has 0 spiro atoms. The van der Waals surface area contributed by atoms with Crippen molar-refractivity contribution in [3.05, 3.63) is 64.1 Å². The molecule has 1 aliphatic rings. The van der Waals surface area contributed by atoms with E-state index in [-0.39, 0.29) is 12.3 Å². The number of nitrogens with one attached hydrogen (secondary N) is 1. The zero-order chi connectivity index (χ0) is 24.4. The lowest BCUT2D eigenvalue weighted by molar-refractivity contribution is -0.115. The molecule has 2 aromatic heterocycles. The van der Waals surface area contributed by atoms with Crippen LogP contribution in [0.25, 0.3) is 22.2 Å². The first-order valence-electron chi connectivity index (χ1n) is 11.4. The molecule has 5 rings (SSSR count). The summed E-state index contributed by atoms with van der Waals surface area (Å²) < 4.78 is 34.0. The maximum Gasteiger partial charge on any atom is 0.243 e. The Balaban J connectivity index is 1.26. The average molecular weight is 575 g/mol. The third-order valence-corrected chi connectivity index (χ3v) is 9.23. The van der Waals surface area contributed by atoms with Crippen molar-refractivity contribution in [2.75, 3.05) is 18.4 Å². The topological polar surface area (TPSA) is 92.5 Å². The normalized spacial score (nSPS) is 15.2. The quantitative estimate of drug-likeness (QED) is 0.302. The first-order valence-corrected chi connectivity index (χ1v) is 14.5. The SMILES string of the molecule is O=C(Cc1coc2ccc(Br)cc12)Nc1nc(-c2ccc(S(=O)(=O)N3CCCCCC3)cc2)cs1. The van der Waals surface area contributed by atoms with Crippen LogP contribution in [0.2, 0.25) is 0 Å². The fraction of sp³-hybridized carbons (Fsp3) is 0.280. The van der Waals surface area contributed by atoms with Crippen LogP contribution in [0.5, 0.6) is 0 Å². The summed E-state index contributed by atoms with van der Waals surface area (Å²) in [5.74, 6) is -0.188. The number of fused-ring (bicyclic) bond motifs is 1. The van der Waals surface area contributed by atoms with Crippen LogP contribution < -0.4 is 5.32 Å². The number of rotatable bonds is 6. The standard InChI is InChI=1S/C25H24BrN3O4S2/c26-19-7-10-23-21(14-19)18(15-33-23)13-24(30)28-25-27-22(16-34-25)17-5-8-20(9-6-17)35(31,32)29-11-3-1-2-4-12-29/h5-10,14-16H,1-4,11-13H2,(H,27,28,30). The van der Waals surface area contributed by atoms with E-state index in [9.17, 15) is 13.2 Å². The van der Waals surface area contributed by atoms with Crippen LogP contribution in [0, 0.1) is 0 Å². The highest BCUT2D eigenvalue weighted by molar-refractivity contribution is 9.10.